The van der Waals surface area contributed by atoms with Crippen molar-refractivity contribution >= 4 is 12.0 Å². The second-order valence-corrected chi connectivity index (χ2v) is 7.29. The zero-order valence-corrected chi connectivity index (χ0v) is 13.2. The second-order valence-electron chi connectivity index (χ2n) is 7.29. The van der Waals surface area contributed by atoms with Crippen LogP contribution in [0.5, 0.6) is 0 Å². The molecule has 0 bridgehead atoms. The average Bonchev–Trinajstić information content (AvgIpc) is 2.60. The number of likely N-dealkylation sites (tertiary alicyclic amines) is 1. The van der Waals surface area contributed by atoms with E-state index in [0.717, 1.165) is 51.6 Å². The number of carbonyl (C=O) groups is 2. The topological polar surface area (TPSA) is 69.6 Å². The Morgan fingerprint density at radius 2 is 1.81 bits per heavy atom. The Hall–Kier alpha value is -1.26. The van der Waals surface area contributed by atoms with Gasteiger partial charge in [0.2, 0.25) is 0 Å². The van der Waals surface area contributed by atoms with Crippen LogP contribution in [0.15, 0.2) is 0 Å². The molecule has 2 atom stereocenters. The van der Waals surface area contributed by atoms with Gasteiger partial charge in [-0.3, -0.25) is 4.79 Å². The standard InChI is InChI=1S/C16H28N2O3/c1-16(2)8-5-10-18(11-9-16)15(21)17-13-7-4-3-6-12(13)14(19)20/h12-13H,3-11H2,1-2H3,(H,17,21)(H,19,20). The monoisotopic (exact) mass is 296 g/mol. The van der Waals surface area contributed by atoms with Crippen LogP contribution in [0.3, 0.4) is 0 Å². The van der Waals surface area contributed by atoms with Crippen molar-refractivity contribution in [2.24, 2.45) is 11.3 Å². The van der Waals surface area contributed by atoms with Crippen LogP contribution in [0.25, 0.3) is 0 Å². The highest BCUT2D eigenvalue weighted by atomic mass is 16.4. The second kappa shape index (κ2) is 6.67. The minimum atomic E-state index is -0.781. The summed E-state index contributed by atoms with van der Waals surface area (Å²) in [6.07, 6.45) is 6.57. The number of amides is 2. The van der Waals surface area contributed by atoms with Crippen LogP contribution in [0.1, 0.15) is 58.8 Å². The zero-order valence-electron chi connectivity index (χ0n) is 13.2. The van der Waals surface area contributed by atoms with Gasteiger partial charge in [-0.1, -0.05) is 26.7 Å². The number of hydrogen-bond acceptors (Lipinski definition) is 2. The van der Waals surface area contributed by atoms with Gasteiger partial charge >= 0.3 is 12.0 Å². The maximum atomic E-state index is 12.4. The maximum absolute atomic E-state index is 12.4. The molecule has 0 spiro atoms. The van der Waals surface area contributed by atoms with Gasteiger partial charge in [0, 0.05) is 19.1 Å². The molecule has 0 aromatic rings. The van der Waals surface area contributed by atoms with Gasteiger partial charge in [0.15, 0.2) is 0 Å². The Morgan fingerprint density at radius 1 is 1.10 bits per heavy atom. The first-order valence-electron chi connectivity index (χ1n) is 8.17. The van der Waals surface area contributed by atoms with Crippen molar-refractivity contribution in [3.63, 3.8) is 0 Å². The number of rotatable bonds is 2. The molecular weight excluding hydrogens is 268 g/mol. The highest BCUT2D eigenvalue weighted by Crippen LogP contribution is 2.30. The van der Waals surface area contributed by atoms with Crippen molar-refractivity contribution in [3.05, 3.63) is 0 Å². The Balaban J connectivity index is 1.92. The number of nitrogens with zero attached hydrogens (tertiary/aromatic N) is 1. The third kappa shape index (κ3) is 4.35. The molecule has 2 fully saturated rings. The highest BCUT2D eigenvalue weighted by molar-refractivity contribution is 5.77. The van der Waals surface area contributed by atoms with Gasteiger partial charge in [-0.25, -0.2) is 4.79 Å². The van der Waals surface area contributed by atoms with E-state index in [1.165, 1.54) is 0 Å². The first-order chi connectivity index (χ1) is 9.89. The Kier molecular flexibility index (Phi) is 5.12. The molecule has 5 heteroatoms. The van der Waals surface area contributed by atoms with Gasteiger partial charge in [-0.05, 0) is 37.5 Å². The van der Waals surface area contributed by atoms with Gasteiger partial charge in [0.05, 0.1) is 5.92 Å². The van der Waals surface area contributed by atoms with Crippen molar-refractivity contribution in [3.8, 4) is 0 Å². The molecular formula is C16H28N2O3. The van der Waals surface area contributed by atoms with Gasteiger partial charge in [0.25, 0.3) is 0 Å². The molecule has 120 valence electrons. The molecule has 0 radical (unpaired) electrons. The van der Waals surface area contributed by atoms with Gasteiger partial charge in [-0.2, -0.15) is 0 Å². The lowest BCUT2D eigenvalue weighted by Crippen LogP contribution is -2.50. The summed E-state index contributed by atoms with van der Waals surface area (Å²) in [7, 11) is 0. The third-order valence-electron chi connectivity index (χ3n) is 5.02. The first-order valence-corrected chi connectivity index (χ1v) is 8.17. The van der Waals surface area contributed by atoms with Gasteiger partial charge in [0.1, 0.15) is 0 Å². The van der Waals surface area contributed by atoms with Crippen molar-refractivity contribution < 1.29 is 14.7 Å². The van der Waals surface area contributed by atoms with Crippen molar-refractivity contribution in [2.45, 2.75) is 64.8 Å². The average molecular weight is 296 g/mol. The molecule has 1 saturated heterocycles. The molecule has 1 aliphatic heterocycles. The molecule has 5 nitrogen and oxygen atoms in total. The van der Waals surface area contributed by atoms with E-state index < -0.39 is 11.9 Å². The Bertz CT molecular complexity index is 395. The SMILES string of the molecule is CC1(C)CCCN(C(=O)NC2CCCCC2C(=O)O)CC1. The molecule has 2 N–H and O–H groups in total. The number of hydrogen-bond donors (Lipinski definition) is 2. The number of nitrogens with one attached hydrogen (secondary N) is 1. The van der Waals surface area contributed by atoms with Gasteiger partial charge in [-0.15, -0.1) is 0 Å². The summed E-state index contributed by atoms with van der Waals surface area (Å²) in [4.78, 5) is 25.6. The van der Waals surface area contributed by atoms with E-state index in [1.54, 1.807) is 0 Å². The molecule has 2 rings (SSSR count). The molecule has 0 aromatic carbocycles. The van der Waals surface area contributed by atoms with E-state index in [4.69, 9.17) is 0 Å². The van der Waals surface area contributed by atoms with Gasteiger partial charge < -0.3 is 15.3 Å². The fourth-order valence-electron chi connectivity index (χ4n) is 3.48. The smallest absolute Gasteiger partial charge is 0.317 e. The molecule has 1 heterocycles. The highest BCUT2D eigenvalue weighted by Gasteiger charge is 2.33. The zero-order chi connectivity index (χ0) is 15.5. The molecule has 2 unspecified atom stereocenters. The lowest BCUT2D eigenvalue weighted by molar-refractivity contribution is -0.143. The Labute approximate surface area is 127 Å². The number of aliphatic carboxylic acids is 1. The molecule has 0 aromatic heterocycles. The number of carboxylic acids is 1. The number of carboxylic acid groups (broad SMARTS) is 1. The van der Waals surface area contributed by atoms with E-state index in [-0.39, 0.29) is 12.1 Å². The van der Waals surface area contributed by atoms with Crippen molar-refractivity contribution in [2.75, 3.05) is 13.1 Å². The summed E-state index contributed by atoms with van der Waals surface area (Å²) in [5, 5.41) is 12.3. The summed E-state index contributed by atoms with van der Waals surface area (Å²) < 4.78 is 0. The molecule has 1 aliphatic carbocycles. The summed E-state index contributed by atoms with van der Waals surface area (Å²) >= 11 is 0. The van der Waals surface area contributed by atoms with Crippen LogP contribution in [0.2, 0.25) is 0 Å². The minimum absolute atomic E-state index is 0.0779. The van der Waals surface area contributed by atoms with Crippen LogP contribution in [0.4, 0.5) is 4.79 Å². The predicted molar refractivity (Wildman–Crippen MR) is 81.1 cm³/mol. The Morgan fingerprint density at radius 3 is 2.52 bits per heavy atom. The van der Waals surface area contributed by atoms with Crippen LogP contribution in [0, 0.1) is 11.3 Å². The first kappa shape index (κ1) is 16.1. The van der Waals surface area contributed by atoms with Crippen LogP contribution >= 0.6 is 0 Å². The van der Waals surface area contributed by atoms with E-state index in [2.05, 4.69) is 19.2 Å². The summed E-state index contributed by atoms with van der Waals surface area (Å²) in [6, 6.07) is -0.286. The van der Waals surface area contributed by atoms with Crippen molar-refractivity contribution in [1.29, 1.82) is 0 Å². The van der Waals surface area contributed by atoms with E-state index >= 15 is 0 Å². The molecule has 2 amide bonds. The fraction of sp³-hybridized carbons (Fsp3) is 0.875. The quantitative estimate of drug-likeness (QED) is 0.823. The van der Waals surface area contributed by atoms with Crippen LogP contribution in [-0.2, 0) is 4.79 Å². The van der Waals surface area contributed by atoms with E-state index in [9.17, 15) is 14.7 Å². The summed E-state index contributed by atoms with van der Waals surface area (Å²) in [6.45, 7) is 6.04. The fourth-order valence-corrected chi connectivity index (χ4v) is 3.48. The van der Waals surface area contributed by atoms with Crippen molar-refractivity contribution in [1.82, 2.24) is 10.2 Å². The normalized spacial score (nSPS) is 29.5. The third-order valence-corrected chi connectivity index (χ3v) is 5.02. The number of carbonyl (C=O) groups excluding carboxylic acids is 1. The summed E-state index contributed by atoms with van der Waals surface area (Å²) in [5.41, 5.74) is 0.295. The molecule has 1 saturated carbocycles. The number of urea groups is 1. The van der Waals surface area contributed by atoms with Crippen LogP contribution < -0.4 is 5.32 Å². The van der Waals surface area contributed by atoms with E-state index in [0.29, 0.717) is 11.8 Å². The lowest BCUT2D eigenvalue weighted by Gasteiger charge is -2.32. The molecule has 2 aliphatic rings. The molecule has 21 heavy (non-hydrogen) atoms. The van der Waals surface area contributed by atoms with Crippen LogP contribution in [-0.4, -0.2) is 41.1 Å². The largest absolute Gasteiger partial charge is 0.481 e. The minimum Gasteiger partial charge on any atom is -0.481 e. The summed E-state index contributed by atoms with van der Waals surface area (Å²) in [5.74, 6) is -1.21. The lowest BCUT2D eigenvalue weighted by atomic mass is 9.84. The predicted octanol–water partition coefficient (Wildman–Crippen LogP) is 2.85. The maximum Gasteiger partial charge on any atom is 0.317 e. The van der Waals surface area contributed by atoms with E-state index in [1.807, 2.05) is 4.90 Å².